The molecule has 0 atom stereocenters. The van der Waals surface area contributed by atoms with E-state index >= 15 is 0 Å². The minimum absolute atomic E-state index is 0.0833. The van der Waals surface area contributed by atoms with Crippen LogP contribution in [0.2, 0.25) is 0 Å². The third-order valence-corrected chi connectivity index (χ3v) is 2.32. The molecule has 0 aliphatic heterocycles. The number of aromatic nitrogens is 3. The molecule has 0 aliphatic rings. The molecule has 0 unspecified atom stereocenters. The summed E-state index contributed by atoms with van der Waals surface area (Å²) in [6, 6.07) is 2.65. The molecule has 0 saturated heterocycles. The molecule has 0 spiro atoms. The van der Waals surface area contributed by atoms with Gasteiger partial charge in [-0.3, -0.25) is 10.1 Å². The van der Waals surface area contributed by atoms with Gasteiger partial charge >= 0.3 is 11.9 Å². The van der Waals surface area contributed by atoms with Crippen molar-refractivity contribution in [2.45, 2.75) is 13.5 Å². The highest BCUT2D eigenvalue weighted by Crippen LogP contribution is 2.17. The monoisotopic (exact) mass is 252 g/mol. The van der Waals surface area contributed by atoms with E-state index in [2.05, 4.69) is 10.3 Å². The Morgan fingerprint density at radius 2 is 2.33 bits per heavy atom. The molecule has 2 heterocycles. The number of furan rings is 1. The van der Waals surface area contributed by atoms with Crippen molar-refractivity contribution in [1.29, 1.82) is 0 Å². The second kappa shape index (κ2) is 4.28. The van der Waals surface area contributed by atoms with E-state index in [1.165, 1.54) is 16.8 Å². The average molecular weight is 252 g/mol. The van der Waals surface area contributed by atoms with Gasteiger partial charge in [0.2, 0.25) is 0 Å². The molecular weight excluding hydrogens is 244 g/mol. The van der Waals surface area contributed by atoms with Crippen molar-refractivity contribution in [1.82, 2.24) is 15.0 Å². The van der Waals surface area contributed by atoms with Crippen LogP contribution in [-0.2, 0) is 6.54 Å². The molecule has 2 rings (SSSR count). The number of nitro groups is 1. The highest BCUT2D eigenvalue weighted by molar-refractivity contribution is 5.86. The molecule has 0 radical (unpaired) electrons. The second-order valence-electron chi connectivity index (χ2n) is 3.48. The van der Waals surface area contributed by atoms with Crippen LogP contribution >= 0.6 is 0 Å². The van der Waals surface area contributed by atoms with Gasteiger partial charge in [-0.05, 0) is 13.0 Å². The molecule has 9 nitrogen and oxygen atoms in total. The van der Waals surface area contributed by atoms with Crippen LogP contribution in [0.3, 0.4) is 0 Å². The summed E-state index contributed by atoms with van der Waals surface area (Å²) in [7, 11) is 0. The molecule has 0 bridgehead atoms. The normalized spacial score (nSPS) is 10.5. The largest absolute Gasteiger partial charge is 0.476 e. The maximum atomic E-state index is 10.8. The molecule has 2 aromatic heterocycles. The van der Waals surface area contributed by atoms with Gasteiger partial charge in [-0.15, -0.1) is 5.10 Å². The predicted octanol–water partition coefficient (Wildman–Crippen LogP) is 0.834. The summed E-state index contributed by atoms with van der Waals surface area (Å²) in [5, 5.41) is 26.4. The molecule has 0 saturated carbocycles. The first-order valence-electron chi connectivity index (χ1n) is 4.85. The van der Waals surface area contributed by atoms with Crippen LogP contribution in [0, 0.1) is 17.0 Å². The van der Waals surface area contributed by atoms with E-state index in [1.54, 1.807) is 6.92 Å². The fourth-order valence-corrected chi connectivity index (χ4v) is 1.41. The number of carboxylic acids is 1. The van der Waals surface area contributed by atoms with E-state index in [-0.39, 0.29) is 18.1 Å². The molecule has 0 aromatic carbocycles. The zero-order valence-electron chi connectivity index (χ0n) is 9.23. The van der Waals surface area contributed by atoms with Crippen molar-refractivity contribution in [3.8, 4) is 0 Å². The van der Waals surface area contributed by atoms with E-state index < -0.39 is 10.9 Å². The van der Waals surface area contributed by atoms with Crippen molar-refractivity contribution >= 4 is 11.9 Å². The molecule has 94 valence electrons. The molecular formula is C9H8N4O5. The number of rotatable bonds is 4. The van der Waals surface area contributed by atoms with Gasteiger partial charge in [0.05, 0.1) is 11.8 Å². The molecule has 0 fully saturated rings. The highest BCUT2D eigenvalue weighted by atomic mass is 16.6. The van der Waals surface area contributed by atoms with Gasteiger partial charge in [0.25, 0.3) is 0 Å². The van der Waals surface area contributed by atoms with Crippen LogP contribution in [0.4, 0.5) is 5.88 Å². The SMILES string of the molecule is Cc1c(C(=O)O)nnn1Cc1ccc([N+](=O)[O-])o1. The van der Waals surface area contributed by atoms with Crippen molar-refractivity contribution in [3.05, 3.63) is 39.4 Å². The number of carboxylic acid groups (broad SMARTS) is 1. The van der Waals surface area contributed by atoms with Gasteiger partial charge in [-0.25, -0.2) is 9.48 Å². The van der Waals surface area contributed by atoms with Gasteiger partial charge in [-0.2, -0.15) is 0 Å². The lowest BCUT2D eigenvalue weighted by atomic mass is 10.3. The summed E-state index contributed by atoms with van der Waals surface area (Å²) in [5.74, 6) is -1.25. The molecule has 2 aromatic rings. The van der Waals surface area contributed by atoms with Gasteiger partial charge < -0.3 is 9.52 Å². The molecule has 9 heteroatoms. The first kappa shape index (κ1) is 11.8. The summed E-state index contributed by atoms with van der Waals surface area (Å²) in [6.07, 6.45) is 0. The van der Waals surface area contributed by atoms with Crippen molar-refractivity contribution < 1.29 is 19.2 Å². The van der Waals surface area contributed by atoms with Gasteiger partial charge in [0.1, 0.15) is 17.2 Å². The Balaban J connectivity index is 2.23. The number of hydrogen-bond donors (Lipinski definition) is 1. The fraction of sp³-hybridized carbons (Fsp3) is 0.222. The summed E-state index contributed by atoms with van der Waals surface area (Å²) < 4.78 is 6.24. The Morgan fingerprint density at radius 3 is 2.83 bits per heavy atom. The lowest BCUT2D eigenvalue weighted by Gasteiger charge is -1.99. The lowest BCUT2D eigenvalue weighted by Crippen LogP contribution is -2.05. The zero-order valence-corrected chi connectivity index (χ0v) is 9.23. The highest BCUT2D eigenvalue weighted by Gasteiger charge is 2.17. The topological polar surface area (TPSA) is 124 Å². The van der Waals surface area contributed by atoms with Crippen LogP contribution in [0.25, 0.3) is 0 Å². The smallest absolute Gasteiger partial charge is 0.433 e. The summed E-state index contributed by atoms with van der Waals surface area (Å²) in [5.41, 5.74) is 0.192. The Hall–Kier alpha value is -2.71. The van der Waals surface area contributed by atoms with Crippen LogP contribution in [-0.4, -0.2) is 31.0 Å². The van der Waals surface area contributed by atoms with Crippen molar-refractivity contribution in [2.24, 2.45) is 0 Å². The molecule has 0 aliphatic carbocycles. The van der Waals surface area contributed by atoms with Crippen molar-refractivity contribution in [3.63, 3.8) is 0 Å². The third kappa shape index (κ3) is 2.05. The third-order valence-electron chi connectivity index (χ3n) is 2.32. The number of aromatic carboxylic acids is 1. The standard InChI is InChI=1S/C9H8N4O5/c1-5-8(9(14)15)10-11-12(5)4-6-2-3-7(18-6)13(16)17/h2-3H,4H2,1H3,(H,14,15). The van der Waals surface area contributed by atoms with E-state index in [0.717, 1.165) is 0 Å². The Bertz CT molecular complexity index is 614. The van der Waals surface area contributed by atoms with Crippen molar-refractivity contribution in [2.75, 3.05) is 0 Å². The van der Waals surface area contributed by atoms with E-state index in [9.17, 15) is 14.9 Å². The van der Waals surface area contributed by atoms with Crippen LogP contribution < -0.4 is 0 Å². The van der Waals surface area contributed by atoms with E-state index in [1.807, 2.05) is 0 Å². The first-order valence-corrected chi connectivity index (χ1v) is 4.85. The Kier molecular flexibility index (Phi) is 2.80. The quantitative estimate of drug-likeness (QED) is 0.631. The lowest BCUT2D eigenvalue weighted by molar-refractivity contribution is -0.402. The zero-order chi connectivity index (χ0) is 13.3. The van der Waals surface area contributed by atoms with Crippen LogP contribution in [0.1, 0.15) is 21.9 Å². The Labute approximate surface area is 99.8 Å². The van der Waals surface area contributed by atoms with Crippen LogP contribution in [0.5, 0.6) is 0 Å². The number of nitrogens with zero attached hydrogens (tertiary/aromatic N) is 4. The summed E-state index contributed by atoms with van der Waals surface area (Å²) >= 11 is 0. The molecule has 1 N–H and O–H groups in total. The minimum atomic E-state index is -1.18. The average Bonchev–Trinajstić information content (AvgIpc) is 2.87. The minimum Gasteiger partial charge on any atom is -0.476 e. The van der Waals surface area contributed by atoms with E-state index in [0.29, 0.717) is 11.5 Å². The number of hydrogen-bond acceptors (Lipinski definition) is 6. The molecule has 18 heavy (non-hydrogen) atoms. The fourth-order valence-electron chi connectivity index (χ4n) is 1.41. The Morgan fingerprint density at radius 1 is 1.61 bits per heavy atom. The van der Waals surface area contributed by atoms with Gasteiger partial charge in [-0.1, -0.05) is 5.21 Å². The summed E-state index contributed by atoms with van der Waals surface area (Å²) in [6.45, 7) is 1.63. The maximum absolute atomic E-state index is 10.8. The maximum Gasteiger partial charge on any atom is 0.433 e. The second-order valence-corrected chi connectivity index (χ2v) is 3.48. The predicted molar refractivity (Wildman–Crippen MR) is 56.2 cm³/mol. The van der Waals surface area contributed by atoms with Crippen LogP contribution in [0.15, 0.2) is 16.5 Å². The van der Waals surface area contributed by atoms with Gasteiger partial charge in [0.15, 0.2) is 5.69 Å². The summed E-state index contributed by atoms with van der Waals surface area (Å²) in [4.78, 5) is 20.5. The van der Waals surface area contributed by atoms with Gasteiger partial charge in [0, 0.05) is 0 Å². The molecule has 0 amide bonds. The first-order chi connectivity index (χ1) is 8.49. The number of carbonyl (C=O) groups is 1. The van der Waals surface area contributed by atoms with E-state index in [4.69, 9.17) is 9.52 Å².